The Hall–Kier alpha value is -3.35. The number of halogens is 2. The lowest BCUT2D eigenvalue weighted by Gasteiger charge is -2.26. The van der Waals surface area contributed by atoms with Crippen LogP contribution in [0.25, 0.3) is 5.76 Å². The van der Waals surface area contributed by atoms with Gasteiger partial charge in [0.1, 0.15) is 11.5 Å². The van der Waals surface area contributed by atoms with Crippen molar-refractivity contribution in [1.29, 1.82) is 0 Å². The summed E-state index contributed by atoms with van der Waals surface area (Å²) < 4.78 is 5.78. The summed E-state index contributed by atoms with van der Waals surface area (Å²) in [6, 6.07) is 12.6. The minimum Gasteiger partial charge on any atom is -0.507 e. The Morgan fingerprint density at radius 1 is 1.14 bits per heavy atom. The first-order valence-electron chi connectivity index (χ1n) is 11.1. The molecule has 1 atom stereocenters. The topological polar surface area (TPSA) is 79.7 Å². The summed E-state index contributed by atoms with van der Waals surface area (Å²) in [6.07, 6.45) is 3.23. The van der Waals surface area contributed by atoms with Crippen LogP contribution in [0.5, 0.6) is 5.75 Å². The molecule has 1 saturated heterocycles. The fourth-order valence-electron chi connectivity index (χ4n) is 4.12. The van der Waals surface area contributed by atoms with Gasteiger partial charge in [0.2, 0.25) is 0 Å². The molecule has 0 radical (unpaired) electrons. The minimum atomic E-state index is -0.910. The van der Waals surface area contributed by atoms with Gasteiger partial charge in [-0.05, 0) is 73.9 Å². The SMILES string of the molecule is Cc1cc(/C(O)=C2/C(=O)C(=O)N(Cc3cccnc3)C2c2ccc(Cl)cc2Cl)ccc1OC(C)C. The second kappa shape index (κ2) is 10.1. The molecule has 0 saturated carbocycles. The van der Waals surface area contributed by atoms with Gasteiger partial charge in [-0.1, -0.05) is 35.3 Å². The van der Waals surface area contributed by atoms with Crippen LogP contribution in [0, 0.1) is 6.92 Å². The van der Waals surface area contributed by atoms with E-state index in [-0.39, 0.29) is 29.0 Å². The number of amides is 1. The number of nitrogens with zero attached hydrogens (tertiary/aromatic N) is 2. The number of hydrogen-bond acceptors (Lipinski definition) is 5. The first-order chi connectivity index (χ1) is 16.7. The number of aromatic nitrogens is 1. The van der Waals surface area contributed by atoms with Crippen LogP contribution in [0.2, 0.25) is 10.0 Å². The van der Waals surface area contributed by atoms with Gasteiger partial charge in [0.25, 0.3) is 11.7 Å². The molecule has 0 spiro atoms. The lowest BCUT2D eigenvalue weighted by Crippen LogP contribution is -2.29. The molecular formula is C27H24Cl2N2O4. The molecule has 1 aromatic heterocycles. The summed E-state index contributed by atoms with van der Waals surface area (Å²) in [5.41, 5.74) is 2.36. The number of benzene rings is 2. The van der Waals surface area contributed by atoms with Crippen molar-refractivity contribution in [3.05, 3.63) is 98.8 Å². The molecule has 1 unspecified atom stereocenters. The largest absolute Gasteiger partial charge is 0.507 e. The second-order valence-electron chi connectivity index (χ2n) is 8.60. The maximum Gasteiger partial charge on any atom is 0.295 e. The maximum absolute atomic E-state index is 13.3. The van der Waals surface area contributed by atoms with Gasteiger partial charge < -0.3 is 14.7 Å². The zero-order valence-electron chi connectivity index (χ0n) is 19.5. The predicted molar refractivity (Wildman–Crippen MR) is 135 cm³/mol. The zero-order chi connectivity index (χ0) is 25.3. The molecule has 2 aromatic carbocycles. The summed E-state index contributed by atoms with van der Waals surface area (Å²) in [6.45, 7) is 5.81. The highest BCUT2D eigenvalue weighted by Crippen LogP contribution is 2.43. The van der Waals surface area contributed by atoms with Gasteiger partial charge in [0, 0.05) is 34.5 Å². The number of ether oxygens (including phenoxy) is 1. The van der Waals surface area contributed by atoms with E-state index in [2.05, 4.69) is 4.98 Å². The van der Waals surface area contributed by atoms with Crippen LogP contribution < -0.4 is 4.74 Å². The molecule has 180 valence electrons. The van der Waals surface area contributed by atoms with E-state index in [0.29, 0.717) is 21.9 Å². The Morgan fingerprint density at radius 2 is 1.91 bits per heavy atom. The molecule has 8 heteroatoms. The molecule has 1 fully saturated rings. The lowest BCUT2D eigenvalue weighted by atomic mass is 9.94. The fraction of sp³-hybridized carbons (Fsp3) is 0.222. The summed E-state index contributed by atoms with van der Waals surface area (Å²) in [5, 5.41) is 12.0. The zero-order valence-corrected chi connectivity index (χ0v) is 21.0. The summed E-state index contributed by atoms with van der Waals surface area (Å²) in [7, 11) is 0. The van der Waals surface area contributed by atoms with Crippen molar-refractivity contribution in [2.45, 2.75) is 39.5 Å². The molecule has 0 bridgehead atoms. The molecular weight excluding hydrogens is 487 g/mol. The monoisotopic (exact) mass is 510 g/mol. The summed E-state index contributed by atoms with van der Waals surface area (Å²) in [5.74, 6) is -1.14. The Bertz CT molecular complexity index is 1320. The molecule has 4 rings (SSSR count). The number of carbonyl (C=O) groups excluding carboxylic acids is 2. The fourth-order valence-corrected chi connectivity index (χ4v) is 4.63. The number of Topliss-reactive ketones (excluding diaryl/α,β-unsaturated/α-hetero) is 1. The third-order valence-corrected chi connectivity index (χ3v) is 6.25. The van der Waals surface area contributed by atoms with Gasteiger partial charge in [0.15, 0.2) is 0 Å². The average Bonchev–Trinajstić information content (AvgIpc) is 3.05. The molecule has 1 aliphatic heterocycles. The number of carbonyl (C=O) groups is 2. The molecule has 1 amide bonds. The highest BCUT2D eigenvalue weighted by Gasteiger charge is 2.46. The van der Waals surface area contributed by atoms with E-state index in [1.165, 1.54) is 4.90 Å². The van der Waals surface area contributed by atoms with Crippen molar-refractivity contribution < 1.29 is 19.4 Å². The molecule has 0 aliphatic carbocycles. The van der Waals surface area contributed by atoms with Crippen LogP contribution in [-0.2, 0) is 16.1 Å². The number of aliphatic hydroxyl groups is 1. The molecule has 6 nitrogen and oxygen atoms in total. The van der Waals surface area contributed by atoms with Gasteiger partial charge in [0.05, 0.1) is 17.7 Å². The van der Waals surface area contributed by atoms with Crippen molar-refractivity contribution >= 4 is 40.7 Å². The molecule has 35 heavy (non-hydrogen) atoms. The number of rotatable bonds is 6. The third-order valence-electron chi connectivity index (χ3n) is 5.68. The summed E-state index contributed by atoms with van der Waals surface area (Å²) in [4.78, 5) is 31.9. The molecule has 3 aromatic rings. The lowest BCUT2D eigenvalue weighted by molar-refractivity contribution is -0.140. The van der Waals surface area contributed by atoms with Crippen LogP contribution in [-0.4, -0.2) is 32.8 Å². The van der Waals surface area contributed by atoms with E-state index in [9.17, 15) is 14.7 Å². The summed E-state index contributed by atoms with van der Waals surface area (Å²) >= 11 is 12.6. The first kappa shape index (κ1) is 24.8. The Morgan fingerprint density at radius 3 is 2.54 bits per heavy atom. The van der Waals surface area contributed by atoms with Crippen molar-refractivity contribution in [3.8, 4) is 5.75 Å². The van der Waals surface area contributed by atoms with Crippen LogP contribution in [0.1, 0.15) is 42.1 Å². The third kappa shape index (κ3) is 5.04. The van der Waals surface area contributed by atoms with E-state index in [0.717, 1.165) is 11.1 Å². The van der Waals surface area contributed by atoms with Gasteiger partial charge in [-0.15, -0.1) is 0 Å². The maximum atomic E-state index is 13.3. The van der Waals surface area contributed by atoms with Gasteiger partial charge in [-0.2, -0.15) is 0 Å². The van der Waals surface area contributed by atoms with E-state index >= 15 is 0 Å². The van der Waals surface area contributed by atoms with Gasteiger partial charge in [-0.25, -0.2) is 0 Å². The van der Waals surface area contributed by atoms with Gasteiger partial charge >= 0.3 is 0 Å². The van der Waals surface area contributed by atoms with Crippen LogP contribution in [0.15, 0.2) is 66.5 Å². The normalized spacial score (nSPS) is 17.3. The van der Waals surface area contributed by atoms with Crippen molar-refractivity contribution in [2.75, 3.05) is 0 Å². The van der Waals surface area contributed by atoms with E-state index < -0.39 is 17.7 Å². The van der Waals surface area contributed by atoms with Crippen LogP contribution >= 0.6 is 23.2 Å². The smallest absolute Gasteiger partial charge is 0.295 e. The van der Waals surface area contributed by atoms with Crippen molar-refractivity contribution in [1.82, 2.24) is 9.88 Å². The average molecular weight is 511 g/mol. The van der Waals surface area contributed by atoms with Crippen molar-refractivity contribution in [2.24, 2.45) is 0 Å². The quantitative estimate of drug-likeness (QED) is 0.246. The van der Waals surface area contributed by atoms with E-state index in [1.807, 2.05) is 26.8 Å². The van der Waals surface area contributed by atoms with Crippen LogP contribution in [0.3, 0.4) is 0 Å². The second-order valence-corrected chi connectivity index (χ2v) is 9.44. The Kier molecular flexibility index (Phi) is 7.15. The van der Waals surface area contributed by atoms with Crippen molar-refractivity contribution in [3.63, 3.8) is 0 Å². The van der Waals surface area contributed by atoms with Gasteiger partial charge in [-0.3, -0.25) is 14.6 Å². The minimum absolute atomic E-state index is 0.0157. The Labute approximate surface area is 213 Å². The predicted octanol–water partition coefficient (Wildman–Crippen LogP) is 6.11. The van der Waals surface area contributed by atoms with E-state index in [1.54, 1.807) is 54.9 Å². The molecule has 1 aliphatic rings. The highest BCUT2D eigenvalue weighted by atomic mass is 35.5. The molecule has 1 N–H and O–H groups in total. The van der Waals surface area contributed by atoms with E-state index in [4.69, 9.17) is 27.9 Å². The first-order valence-corrected chi connectivity index (χ1v) is 11.8. The Balaban J connectivity index is 1.86. The number of hydrogen-bond donors (Lipinski definition) is 1. The highest BCUT2D eigenvalue weighted by molar-refractivity contribution is 6.47. The number of likely N-dealkylation sites (tertiary alicyclic amines) is 1. The van der Waals surface area contributed by atoms with Crippen LogP contribution in [0.4, 0.5) is 0 Å². The standard InChI is InChI=1S/C27H24Cl2N2O4/c1-15(2)35-22-9-6-18(11-16(22)3)25(32)23-24(20-8-7-19(28)12-21(20)29)31(27(34)26(23)33)14-17-5-4-10-30-13-17/h4-13,15,24,32H,14H2,1-3H3/b25-23-. The molecule has 2 heterocycles. The number of aliphatic hydroxyl groups excluding tert-OH is 1. The number of aryl methyl sites for hydroxylation is 1. The number of ketones is 1. The number of pyridine rings is 1.